The number of nitrogens with one attached hydrogen (secondary N) is 3. The van der Waals surface area contributed by atoms with Gasteiger partial charge in [0.15, 0.2) is 5.82 Å². The van der Waals surface area contributed by atoms with Crippen LogP contribution in [0.5, 0.6) is 0 Å². The van der Waals surface area contributed by atoms with Crippen LogP contribution < -0.4 is 10.6 Å². The van der Waals surface area contributed by atoms with Gasteiger partial charge in [-0.05, 0) is 17.2 Å². The molecule has 7 nitrogen and oxygen atoms in total. The van der Waals surface area contributed by atoms with Gasteiger partial charge in [0, 0.05) is 37.1 Å². The number of amides is 1. The van der Waals surface area contributed by atoms with Crippen molar-refractivity contribution in [2.75, 3.05) is 12.4 Å². The average Bonchev–Trinajstić information content (AvgIpc) is 3.28. The second kappa shape index (κ2) is 6.92. The van der Waals surface area contributed by atoms with Crippen molar-refractivity contribution >= 4 is 33.8 Å². The summed E-state index contributed by atoms with van der Waals surface area (Å²) in [5.41, 5.74) is 5.46. The molecule has 0 unspecified atom stereocenters. The molecule has 3 N–H and O–H groups in total. The van der Waals surface area contributed by atoms with Gasteiger partial charge in [-0.25, -0.2) is 9.97 Å². The first-order valence-corrected chi connectivity index (χ1v) is 9.67. The number of rotatable bonds is 4. The number of nitrogens with zero attached hydrogens (tertiary/aromatic N) is 3. The van der Waals surface area contributed by atoms with E-state index < -0.39 is 0 Å². The number of pyridine rings is 1. The van der Waals surface area contributed by atoms with Crippen LogP contribution in [0, 0.1) is 5.41 Å². The van der Waals surface area contributed by atoms with E-state index in [2.05, 4.69) is 43.8 Å². The summed E-state index contributed by atoms with van der Waals surface area (Å²) < 4.78 is 2.01. The maximum atomic E-state index is 12.1. The average molecular weight is 390 g/mol. The molecule has 150 valence electrons. The van der Waals surface area contributed by atoms with Crippen LogP contribution in [-0.4, -0.2) is 32.5 Å². The Morgan fingerprint density at radius 3 is 2.59 bits per heavy atom. The highest BCUT2D eigenvalue weighted by molar-refractivity contribution is 6.07. The smallest absolute Gasteiger partial charge is 0.225 e. The summed E-state index contributed by atoms with van der Waals surface area (Å²) in [4.78, 5) is 24.6. The van der Waals surface area contributed by atoms with Gasteiger partial charge in [-0.1, -0.05) is 45.0 Å². The Hall–Kier alpha value is -3.35. The normalized spacial score (nSPS) is 11.9. The van der Waals surface area contributed by atoms with Crippen molar-refractivity contribution < 1.29 is 4.79 Å². The molecule has 0 aliphatic carbocycles. The summed E-state index contributed by atoms with van der Waals surface area (Å²) in [5.74, 6) is 0.801. The Morgan fingerprint density at radius 1 is 1.21 bits per heavy atom. The number of H-pyrrole nitrogens is 1. The van der Waals surface area contributed by atoms with E-state index in [0.717, 1.165) is 44.7 Å². The fourth-order valence-corrected chi connectivity index (χ4v) is 3.38. The van der Waals surface area contributed by atoms with Crippen LogP contribution in [0.25, 0.3) is 33.3 Å². The topological polar surface area (TPSA) is 87.6 Å². The fraction of sp³-hybridized carbons (Fsp3) is 0.318. The zero-order valence-electron chi connectivity index (χ0n) is 17.4. The highest BCUT2D eigenvalue weighted by Crippen LogP contribution is 2.31. The number of fused-ring (bicyclic) bond motifs is 3. The van der Waals surface area contributed by atoms with Gasteiger partial charge in [0.05, 0.1) is 11.8 Å². The van der Waals surface area contributed by atoms with Gasteiger partial charge in [-0.2, -0.15) is 0 Å². The minimum Gasteiger partial charge on any atom is -0.371 e. The molecule has 0 aliphatic heterocycles. The lowest BCUT2D eigenvalue weighted by Crippen LogP contribution is -2.34. The van der Waals surface area contributed by atoms with Crippen LogP contribution in [0.1, 0.15) is 26.3 Å². The molecule has 29 heavy (non-hydrogen) atoms. The molecule has 0 fully saturated rings. The monoisotopic (exact) mass is 390 g/mol. The number of aryl methyl sites for hydroxylation is 1. The molecule has 0 atom stereocenters. The van der Waals surface area contributed by atoms with Crippen LogP contribution in [-0.2, 0) is 18.4 Å². The standard InChI is InChI=1S/C22H26N6O/c1-22(2,3)21(29)24-11-13-6-8-14(9-7-13)16-10-15-18-17(25-12-28(18)5)20(23-4)27-19(15)26-16/h6-10,12H,11H2,1-5H3,(H,24,29)(H2,23,26,27). The number of carbonyl (C=O) groups is 1. The zero-order chi connectivity index (χ0) is 20.8. The van der Waals surface area contributed by atoms with E-state index in [1.54, 1.807) is 6.33 Å². The van der Waals surface area contributed by atoms with Gasteiger partial charge in [0.25, 0.3) is 0 Å². The lowest BCUT2D eigenvalue weighted by Gasteiger charge is -2.17. The summed E-state index contributed by atoms with van der Waals surface area (Å²) in [5, 5.41) is 7.14. The Labute approximate surface area is 169 Å². The SMILES string of the molecule is CNc1nc2[nH]c(-c3ccc(CNC(=O)C(C)(C)C)cc3)cc2c2c1ncn2C. The number of benzene rings is 1. The third kappa shape index (κ3) is 3.44. The molecule has 1 aromatic carbocycles. The summed E-state index contributed by atoms with van der Waals surface area (Å²) in [7, 11) is 3.84. The first kappa shape index (κ1) is 19.0. The number of carbonyl (C=O) groups excluding carboxylic acids is 1. The Balaban J connectivity index is 1.64. The number of aromatic nitrogens is 4. The van der Waals surface area contributed by atoms with Gasteiger partial charge < -0.3 is 20.2 Å². The molecule has 4 aromatic rings. The Bertz CT molecular complexity index is 1190. The largest absolute Gasteiger partial charge is 0.371 e. The quantitative estimate of drug-likeness (QED) is 0.494. The van der Waals surface area contributed by atoms with Crippen molar-refractivity contribution in [1.82, 2.24) is 24.8 Å². The number of hydrogen-bond acceptors (Lipinski definition) is 4. The molecular formula is C22H26N6O. The minimum absolute atomic E-state index is 0.0452. The molecule has 7 heteroatoms. The van der Waals surface area contributed by atoms with Gasteiger partial charge in [0.2, 0.25) is 5.91 Å². The predicted molar refractivity (Wildman–Crippen MR) is 117 cm³/mol. The van der Waals surface area contributed by atoms with Crippen molar-refractivity contribution in [3.05, 3.63) is 42.2 Å². The second-order valence-electron chi connectivity index (χ2n) is 8.34. The molecule has 0 spiro atoms. The van der Waals surface area contributed by atoms with Crippen molar-refractivity contribution in [3.63, 3.8) is 0 Å². The molecule has 1 amide bonds. The molecule has 0 saturated heterocycles. The fourth-order valence-electron chi connectivity index (χ4n) is 3.38. The van der Waals surface area contributed by atoms with Gasteiger partial charge in [0.1, 0.15) is 11.2 Å². The van der Waals surface area contributed by atoms with Crippen LogP contribution in [0.15, 0.2) is 36.7 Å². The molecule has 0 bridgehead atoms. The number of aromatic amines is 1. The summed E-state index contributed by atoms with van der Waals surface area (Å²) >= 11 is 0. The first-order valence-electron chi connectivity index (χ1n) is 9.67. The lowest BCUT2D eigenvalue weighted by molar-refractivity contribution is -0.128. The van der Waals surface area contributed by atoms with E-state index in [1.807, 2.05) is 51.6 Å². The minimum atomic E-state index is -0.388. The third-order valence-electron chi connectivity index (χ3n) is 5.07. The molecule has 3 heterocycles. The van der Waals surface area contributed by atoms with Crippen LogP contribution >= 0.6 is 0 Å². The van der Waals surface area contributed by atoms with E-state index in [1.165, 1.54) is 0 Å². The maximum Gasteiger partial charge on any atom is 0.225 e. The third-order valence-corrected chi connectivity index (χ3v) is 5.07. The van der Waals surface area contributed by atoms with Gasteiger partial charge >= 0.3 is 0 Å². The maximum absolute atomic E-state index is 12.1. The van der Waals surface area contributed by atoms with E-state index in [9.17, 15) is 4.79 Å². The van der Waals surface area contributed by atoms with Gasteiger partial charge in [-0.3, -0.25) is 4.79 Å². The highest BCUT2D eigenvalue weighted by Gasteiger charge is 2.20. The molecule has 0 aliphatic rings. The highest BCUT2D eigenvalue weighted by atomic mass is 16.2. The van der Waals surface area contributed by atoms with Crippen LogP contribution in [0.4, 0.5) is 5.82 Å². The number of anilines is 1. The summed E-state index contributed by atoms with van der Waals surface area (Å²) in [6.07, 6.45) is 1.81. The van der Waals surface area contributed by atoms with E-state index in [0.29, 0.717) is 6.54 Å². The molecule has 0 radical (unpaired) electrons. The van der Waals surface area contributed by atoms with E-state index in [4.69, 9.17) is 0 Å². The molecule has 4 rings (SSSR count). The Morgan fingerprint density at radius 2 is 1.93 bits per heavy atom. The van der Waals surface area contributed by atoms with E-state index in [-0.39, 0.29) is 11.3 Å². The molecule has 3 aromatic heterocycles. The zero-order valence-corrected chi connectivity index (χ0v) is 17.4. The van der Waals surface area contributed by atoms with E-state index >= 15 is 0 Å². The second-order valence-corrected chi connectivity index (χ2v) is 8.34. The molecule has 0 saturated carbocycles. The Kier molecular flexibility index (Phi) is 4.53. The van der Waals surface area contributed by atoms with Gasteiger partial charge in [-0.15, -0.1) is 0 Å². The first-order chi connectivity index (χ1) is 13.8. The number of hydrogen-bond donors (Lipinski definition) is 3. The van der Waals surface area contributed by atoms with Crippen LogP contribution in [0.3, 0.4) is 0 Å². The van der Waals surface area contributed by atoms with Crippen molar-refractivity contribution in [1.29, 1.82) is 0 Å². The predicted octanol–water partition coefficient (Wildman–Crippen LogP) is 3.82. The van der Waals surface area contributed by atoms with Crippen molar-refractivity contribution in [3.8, 4) is 11.3 Å². The lowest BCUT2D eigenvalue weighted by atomic mass is 9.95. The summed E-state index contributed by atoms with van der Waals surface area (Å²) in [6, 6.07) is 10.3. The number of imidazole rings is 1. The summed E-state index contributed by atoms with van der Waals surface area (Å²) in [6.45, 7) is 6.25. The molecular weight excluding hydrogens is 364 g/mol. The van der Waals surface area contributed by atoms with Crippen LogP contribution in [0.2, 0.25) is 0 Å². The van der Waals surface area contributed by atoms with Crippen molar-refractivity contribution in [2.45, 2.75) is 27.3 Å². The van der Waals surface area contributed by atoms with Crippen molar-refractivity contribution in [2.24, 2.45) is 12.5 Å².